The molecule has 5 heterocycles. The number of carbonyl (C=O) groups excluding carboxylic acids is 4. The molecule has 4 fully saturated rings. The Bertz CT molecular complexity index is 2530. The number of H-pyrrole nitrogens is 2. The Morgan fingerprint density at radius 1 is 0.677 bits per heavy atom. The van der Waals surface area contributed by atoms with Crippen molar-refractivity contribution in [3.8, 4) is 33.6 Å². The number of imidazole rings is 2. The molecule has 0 unspecified atom stereocenters. The zero-order chi connectivity index (χ0) is 43.5. The standard InChI is InChI=1S/C47H55N9O6/c1-26(2)37(53-44(59)61-5)40(57)55-24-28-15-17-46(55,20-28)42-49-22-35(51-42)31-11-9-30(10-12-31)32-13-14-34(39-33(32)8-7-19-48-39)36-23-50-43(52-36)47-18-16-29(21-47)25-56(47)41(58)38(27(3)4)54-45(60)62-6/h7-14,19,22-23,26-29,37-38H,15-18,20-21,24-25H2,1-6H3,(H,49,51)(H,50,52)(H,53,59)(H,54,60)/t28-,29-,37+,38+,46+,47+/m1/s1. The lowest BCUT2D eigenvalue weighted by molar-refractivity contribution is -0.141. The fourth-order valence-corrected chi connectivity index (χ4v) is 10.8. The lowest BCUT2D eigenvalue weighted by atomic mass is 9.93. The van der Waals surface area contributed by atoms with Crippen LogP contribution in [0, 0.1) is 23.7 Å². The highest BCUT2D eigenvalue weighted by molar-refractivity contribution is 6.02. The molecule has 6 atom stereocenters. The number of aromatic nitrogens is 5. The third-order valence-corrected chi connectivity index (χ3v) is 14.0. The van der Waals surface area contributed by atoms with Crippen LogP contribution in [-0.4, -0.2) is 98.1 Å². The summed E-state index contributed by atoms with van der Waals surface area (Å²) < 4.78 is 9.68. The highest BCUT2D eigenvalue weighted by Gasteiger charge is 2.58. The largest absolute Gasteiger partial charge is 0.453 e. The van der Waals surface area contributed by atoms with E-state index in [1.54, 1.807) is 6.20 Å². The van der Waals surface area contributed by atoms with Crippen LogP contribution in [0.2, 0.25) is 0 Å². The number of methoxy groups -OCH3 is 2. The number of nitrogens with one attached hydrogen (secondary N) is 4. The minimum absolute atomic E-state index is 0.110. The van der Waals surface area contributed by atoms with Gasteiger partial charge in [0.05, 0.1) is 43.5 Å². The minimum Gasteiger partial charge on any atom is -0.453 e. The minimum atomic E-state index is -0.711. The van der Waals surface area contributed by atoms with Gasteiger partial charge in [0.15, 0.2) is 0 Å². The van der Waals surface area contributed by atoms with Gasteiger partial charge in [0.25, 0.3) is 0 Å². The van der Waals surface area contributed by atoms with Crippen molar-refractivity contribution in [3.63, 3.8) is 0 Å². The first kappa shape index (κ1) is 41.1. The van der Waals surface area contributed by atoms with E-state index in [4.69, 9.17) is 24.4 Å². The Morgan fingerprint density at radius 2 is 1.18 bits per heavy atom. The molecule has 62 heavy (non-hydrogen) atoms. The molecule has 4 bridgehead atoms. The van der Waals surface area contributed by atoms with Gasteiger partial charge < -0.3 is 39.9 Å². The number of amides is 4. The summed E-state index contributed by atoms with van der Waals surface area (Å²) in [7, 11) is 2.61. The number of aromatic amines is 2. The van der Waals surface area contributed by atoms with Crippen LogP contribution in [0.25, 0.3) is 44.5 Å². The summed E-state index contributed by atoms with van der Waals surface area (Å²) in [5.74, 6) is 1.80. The molecular formula is C47H55N9O6. The Kier molecular flexibility index (Phi) is 10.5. The average Bonchev–Trinajstić information content (AvgIpc) is 4.16. The van der Waals surface area contributed by atoms with Gasteiger partial charge in [0.2, 0.25) is 11.8 Å². The molecule has 2 aliphatic carbocycles. The molecule has 2 aromatic carbocycles. The Labute approximate surface area is 360 Å². The number of hydrogen-bond donors (Lipinski definition) is 4. The van der Waals surface area contributed by atoms with E-state index >= 15 is 0 Å². The first-order valence-electron chi connectivity index (χ1n) is 21.8. The van der Waals surface area contributed by atoms with Crippen molar-refractivity contribution in [1.29, 1.82) is 0 Å². The zero-order valence-corrected chi connectivity index (χ0v) is 36.2. The summed E-state index contributed by atoms with van der Waals surface area (Å²) in [5, 5.41) is 6.52. The molecule has 9 rings (SSSR count). The molecule has 5 aromatic rings. The Balaban J connectivity index is 0.966. The topological polar surface area (TPSA) is 188 Å². The van der Waals surface area contributed by atoms with E-state index in [1.807, 2.05) is 56.0 Å². The molecule has 15 heteroatoms. The van der Waals surface area contributed by atoms with Gasteiger partial charge in [-0.25, -0.2) is 19.6 Å². The summed E-state index contributed by atoms with van der Waals surface area (Å²) in [6, 6.07) is 15.2. The monoisotopic (exact) mass is 841 g/mol. The molecule has 4 N–H and O–H groups in total. The van der Waals surface area contributed by atoms with Crippen molar-refractivity contribution in [1.82, 2.24) is 45.4 Å². The smallest absolute Gasteiger partial charge is 0.407 e. The van der Waals surface area contributed by atoms with E-state index < -0.39 is 35.3 Å². The van der Waals surface area contributed by atoms with Crippen LogP contribution in [0.4, 0.5) is 9.59 Å². The van der Waals surface area contributed by atoms with E-state index in [-0.39, 0.29) is 23.7 Å². The van der Waals surface area contributed by atoms with Crippen LogP contribution >= 0.6 is 0 Å². The number of likely N-dealkylation sites (tertiary alicyclic amines) is 2. The zero-order valence-electron chi connectivity index (χ0n) is 36.2. The van der Waals surface area contributed by atoms with Crippen molar-refractivity contribution in [2.45, 2.75) is 89.4 Å². The maximum Gasteiger partial charge on any atom is 0.407 e. The molecule has 0 spiro atoms. The summed E-state index contributed by atoms with van der Waals surface area (Å²) in [5.41, 5.74) is 5.32. The van der Waals surface area contributed by atoms with Gasteiger partial charge in [-0.3, -0.25) is 14.6 Å². The number of piperidine rings is 2. The van der Waals surface area contributed by atoms with Gasteiger partial charge in [0.1, 0.15) is 34.8 Å². The second kappa shape index (κ2) is 15.9. The second-order valence-corrected chi connectivity index (χ2v) is 18.3. The number of hydrogen-bond acceptors (Lipinski definition) is 9. The molecule has 324 valence electrons. The van der Waals surface area contributed by atoms with Gasteiger partial charge in [-0.1, -0.05) is 64.1 Å². The normalized spacial score (nSPS) is 23.6. The third kappa shape index (κ3) is 6.85. The number of nitrogens with zero attached hydrogens (tertiary/aromatic N) is 5. The van der Waals surface area contributed by atoms with E-state index in [9.17, 15) is 19.2 Å². The van der Waals surface area contributed by atoms with Crippen molar-refractivity contribution >= 4 is 34.9 Å². The number of pyridine rings is 1. The van der Waals surface area contributed by atoms with E-state index in [0.717, 1.165) is 94.7 Å². The third-order valence-electron chi connectivity index (χ3n) is 14.0. The highest BCUT2D eigenvalue weighted by atomic mass is 16.5. The van der Waals surface area contributed by atoms with Crippen molar-refractivity contribution in [2.24, 2.45) is 23.7 Å². The molecular weight excluding hydrogens is 787 g/mol. The van der Waals surface area contributed by atoms with Crippen LogP contribution in [0.5, 0.6) is 0 Å². The number of rotatable bonds is 11. The fraction of sp³-hybridized carbons (Fsp3) is 0.468. The molecule has 15 nitrogen and oxygen atoms in total. The van der Waals surface area contributed by atoms with Gasteiger partial charge in [-0.05, 0) is 91.0 Å². The van der Waals surface area contributed by atoms with E-state index in [1.165, 1.54) is 14.2 Å². The highest BCUT2D eigenvalue weighted by Crippen LogP contribution is 2.54. The SMILES string of the molecule is COC(=O)N[C@H](C(=O)N1C[C@@H]2CC[C@@]1(c1ncc(-c3ccc(-c4ccc(-c5cnc([C@@]67CC[C@@H](CN6C(=O)[C@@H](NC(=O)OC)C(C)C)C7)[nH]5)c5ncccc45)cc3)[nH]1)C2)C(C)C. The number of ether oxygens (including phenoxy) is 2. The molecule has 2 saturated heterocycles. The molecule has 2 saturated carbocycles. The predicted octanol–water partition coefficient (Wildman–Crippen LogP) is 7.12. The second-order valence-electron chi connectivity index (χ2n) is 18.3. The Morgan fingerprint density at radius 3 is 1.69 bits per heavy atom. The van der Waals surface area contributed by atoms with E-state index in [0.29, 0.717) is 24.9 Å². The maximum atomic E-state index is 14.1. The number of alkyl carbamates (subject to hydrolysis) is 2. The lowest BCUT2D eigenvalue weighted by Crippen LogP contribution is -2.56. The molecule has 4 amide bonds. The quantitative estimate of drug-likeness (QED) is 0.107. The number of carbonyl (C=O) groups is 4. The molecule has 4 aliphatic rings. The van der Waals surface area contributed by atoms with Gasteiger partial charge in [0, 0.05) is 30.2 Å². The van der Waals surface area contributed by atoms with Crippen LogP contribution in [0.15, 0.2) is 67.1 Å². The first-order chi connectivity index (χ1) is 29.8. The average molecular weight is 842 g/mol. The maximum absolute atomic E-state index is 14.1. The predicted molar refractivity (Wildman–Crippen MR) is 232 cm³/mol. The summed E-state index contributed by atoms with van der Waals surface area (Å²) in [6.45, 7) is 8.95. The fourth-order valence-electron chi connectivity index (χ4n) is 10.8. The van der Waals surface area contributed by atoms with Crippen molar-refractivity contribution in [2.75, 3.05) is 27.3 Å². The molecule has 3 aromatic heterocycles. The lowest BCUT2D eigenvalue weighted by Gasteiger charge is -2.40. The number of benzene rings is 2. The Hall–Kier alpha value is -6.25. The van der Waals surface area contributed by atoms with E-state index in [2.05, 4.69) is 63.1 Å². The van der Waals surface area contributed by atoms with Crippen LogP contribution in [0.3, 0.4) is 0 Å². The van der Waals surface area contributed by atoms with Gasteiger partial charge in [-0.15, -0.1) is 0 Å². The molecule has 2 aliphatic heterocycles. The van der Waals surface area contributed by atoms with Crippen molar-refractivity contribution in [3.05, 3.63) is 78.8 Å². The first-order valence-corrected chi connectivity index (χ1v) is 21.8. The van der Waals surface area contributed by atoms with Gasteiger partial charge in [-0.2, -0.15) is 0 Å². The van der Waals surface area contributed by atoms with Crippen LogP contribution in [0.1, 0.15) is 77.9 Å². The van der Waals surface area contributed by atoms with Crippen LogP contribution < -0.4 is 10.6 Å². The molecule has 0 radical (unpaired) electrons. The van der Waals surface area contributed by atoms with Crippen LogP contribution in [-0.2, 0) is 30.1 Å². The summed E-state index contributed by atoms with van der Waals surface area (Å²) >= 11 is 0. The summed E-state index contributed by atoms with van der Waals surface area (Å²) in [6.07, 6.45) is 9.53. The number of fused-ring (bicyclic) bond motifs is 5. The van der Waals surface area contributed by atoms with Crippen molar-refractivity contribution < 1.29 is 28.7 Å². The summed E-state index contributed by atoms with van der Waals surface area (Å²) in [4.78, 5) is 78.2. The van der Waals surface area contributed by atoms with Gasteiger partial charge >= 0.3 is 12.2 Å².